The van der Waals surface area contributed by atoms with Crippen molar-refractivity contribution in [3.05, 3.63) is 23.8 Å². The lowest BCUT2D eigenvalue weighted by atomic mass is 10.1. The molecule has 2 amide bonds. The smallest absolute Gasteiger partial charge is 0.317 e. The summed E-state index contributed by atoms with van der Waals surface area (Å²) in [6, 6.07) is 4.92. The van der Waals surface area contributed by atoms with Gasteiger partial charge in [0.2, 0.25) is 0 Å². The molecule has 1 fully saturated rings. The van der Waals surface area contributed by atoms with Crippen LogP contribution in [0, 0.1) is 0 Å². The Morgan fingerprint density at radius 1 is 1.20 bits per heavy atom. The van der Waals surface area contributed by atoms with Crippen LogP contribution in [0.15, 0.2) is 18.2 Å². The normalized spacial score (nSPS) is 17.7. The Bertz CT molecular complexity index is 586. The van der Waals surface area contributed by atoms with E-state index in [2.05, 4.69) is 5.32 Å². The van der Waals surface area contributed by atoms with Crippen molar-refractivity contribution in [3.8, 4) is 11.5 Å². The summed E-state index contributed by atoms with van der Waals surface area (Å²) in [5, 5.41) is 2.86. The fourth-order valence-electron chi connectivity index (χ4n) is 2.73. The molecular weight excluding hydrogens is 330 g/mol. The number of benzene rings is 1. The third-order valence-corrected chi connectivity index (χ3v) is 4.19. The second-order valence-corrected chi connectivity index (χ2v) is 6.09. The first kappa shape index (κ1) is 19.3. The van der Waals surface area contributed by atoms with Crippen LogP contribution in [0.2, 0.25) is 0 Å². The fourth-order valence-corrected chi connectivity index (χ4v) is 2.73. The highest BCUT2D eigenvalue weighted by Crippen LogP contribution is 2.31. The van der Waals surface area contributed by atoms with Crippen molar-refractivity contribution in [2.45, 2.75) is 45.6 Å². The number of carbonyl (C=O) groups excluding carboxylic acids is 1. The summed E-state index contributed by atoms with van der Waals surface area (Å²) in [4.78, 5) is 13.7. The topological polar surface area (TPSA) is 50.8 Å². The van der Waals surface area contributed by atoms with Crippen LogP contribution in [-0.2, 0) is 0 Å². The minimum absolute atomic E-state index is 0.0685. The Kier molecular flexibility index (Phi) is 6.45. The number of hydrogen-bond acceptors (Lipinski definition) is 3. The molecule has 1 aliphatic heterocycles. The third kappa shape index (κ3) is 5.21. The van der Waals surface area contributed by atoms with Gasteiger partial charge in [0, 0.05) is 25.9 Å². The van der Waals surface area contributed by atoms with Gasteiger partial charge in [0.25, 0.3) is 5.92 Å². The number of rotatable bonds is 6. The molecule has 2 rings (SSSR count). The number of halogens is 2. The molecule has 1 aliphatic rings. The number of amides is 2. The minimum atomic E-state index is -2.66. The van der Waals surface area contributed by atoms with Crippen LogP contribution in [0.4, 0.5) is 13.6 Å². The maximum absolute atomic E-state index is 13.2. The summed E-state index contributed by atoms with van der Waals surface area (Å²) >= 11 is 0. The molecule has 140 valence electrons. The highest BCUT2D eigenvalue weighted by molar-refractivity contribution is 5.74. The first-order valence-corrected chi connectivity index (χ1v) is 8.69. The number of ether oxygens (including phenoxy) is 2. The SMILES string of the molecule is CCOc1ccc([C@@H](C)NC(=O)N2CCC(F)(F)CC2)cc1OCC. The van der Waals surface area contributed by atoms with Crippen LogP contribution in [0.5, 0.6) is 11.5 Å². The molecule has 7 heteroatoms. The van der Waals surface area contributed by atoms with Crippen molar-refractivity contribution in [2.24, 2.45) is 0 Å². The molecule has 1 aromatic carbocycles. The third-order valence-electron chi connectivity index (χ3n) is 4.19. The molecule has 1 N–H and O–H groups in total. The summed E-state index contributed by atoms with van der Waals surface area (Å²) in [5.74, 6) is -1.38. The Hall–Kier alpha value is -2.05. The summed E-state index contributed by atoms with van der Waals surface area (Å²) < 4.78 is 37.5. The Balaban J connectivity index is 2.01. The average molecular weight is 356 g/mol. The van der Waals surface area contributed by atoms with E-state index >= 15 is 0 Å². The van der Waals surface area contributed by atoms with E-state index in [4.69, 9.17) is 9.47 Å². The Morgan fingerprint density at radius 3 is 2.40 bits per heavy atom. The van der Waals surface area contributed by atoms with E-state index < -0.39 is 5.92 Å². The number of nitrogens with one attached hydrogen (secondary N) is 1. The zero-order valence-corrected chi connectivity index (χ0v) is 15.0. The predicted octanol–water partition coefficient (Wildman–Crippen LogP) is 3.99. The van der Waals surface area contributed by atoms with Gasteiger partial charge in [-0.1, -0.05) is 6.07 Å². The van der Waals surface area contributed by atoms with Crippen LogP contribution >= 0.6 is 0 Å². The molecule has 1 saturated heterocycles. The zero-order chi connectivity index (χ0) is 18.4. The molecule has 0 radical (unpaired) electrons. The average Bonchev–Trinajstić information content (AvgIpc) is 2.56. The van der Waals surface area contributed by atoms with Crippen molar-refractivity contribution < 1.29 is 23.0 Å². The van der Waals surface area contributed by atoms with Gasteiger partial charge in [-0.05, 0) is 38.5 Å². The monoisotopic (exact) mass is 356 g/mol. The highest BCUT2D eigenvalue weighted by Gasteiger charge is 2.35. The number of hydrogen-bond donors (Lipinski definition) is 1. The zero-order valence-electron chi connectivity index (χ0n) is 15.0. The second kappa shape index (κ2) is 8.36. The molecule has 0 saturated carbocycles. The van der Waals surface area contributed by atoms with Gasteiger partial charge >= 0.3 is 6.03 Å². The number of nitrogens with zero attached hydrogens (tertiary/aromatic N) is 1. The van der Waals surface area contributed by atoms with Gasteiger partial charge in [-0.3, -0.25) is 0 Å². The van der Waals surface area contributed by atoms with E-state index in [1.54, 1.807) is 0 Å². The van der Waals surface area contributed by atoms with E-state index in [-0.39, 0.29) is 38.0 Å². The van der Waals surface area contributed by atoms with E-state index in [0.29, 0.717) is 24.7 Å². The van der Waals surface area contributed by atoms with Crippen LogP contribution in [-0.4, -0.2) is 43.2 Å². The van der Waals surface area contributed by atoms with Crippen molar-refractivity contribution in [1.29, 1.82) is 0 Å². The second-order valence-electron chi connectivity index (χ2n) is 6.09. The van der Waals surface area contributed by atoms with Crippen LogP contribution in [0.25, 0.3) is 0 Å². The number of carbonyl (C=O) groups is 1. The van der Waals surface area contributed by atoms with Gasteiger partial charge in [0.15, 0.2) is 11.5 Å². The van der Waals surface area contributed by atoms with Crippen LogP contribution in [0.3, 0.4) is 0 Å². The summed E-state index contributed by atoms with van der Waals surface area (Å²) in [6.45, 7) is 6.81. The Morgan fingerprint density at radius 2 is 1.80 bits per heavy atom. The number of alkyl halides is 2. The van der Waals surface area contributed by atoms with E-state index in [1.807, 2.05) is 39.0 Å². The van der Waals surface area contributed by atoms with Crippen LogP contribution in [0.1, 0.15) is 45.2 Å². The molecule has 1 heterocycles. The highest BCUT2D eigenvalue weighted by atomic mass is 19.3. The van der Waals surface area contributed by atoms with E-state index in [0.717, 1.165) is 5.56 Å². The summed E-state index contributed by atoms with van der Waals surface area (Å²) in [7, 11) is 0. The van der Waals surface area contributed by atoms with Crippen molar-refractivity contribution in [2.75, 3.05) is 26.3 Å². The van der Waals surface area contributed by atoms with Gasteiger partial charge in [0.05, 0.1) is 19.3 Å². The van der Waals surface area contributed by atoms with Gasteiger partial charge in [-0.15, -0.1) is 0 Å². The summed E-state index contributed by atoms with van der Waals surface area (Å²) in [6.07, 6.45) is -0.571. The van der Waals surface area contributed by atoms with Crippen molar-refractivity contribution in [1.82, 2.24) is 10.2 Å². The Labute approximate surface area is 147 Å². The molecule has 0 aromatic heterocycles. The van der Waals surface area contributed by atoms with Gasteiger partial charge in [0.1, 0.15) is 0 Å². The predicted molar refractivity (Wildman–Crippen MR) is 91.5 cm³/mol. The van der Waals surface area contributed by atoms with Gasteiger partial charge in [-0.25, -0.2) is 13.6 Å². The van der Waals surface area contributed by atoms with E-state index in [9.17, 15) is 13.6 Å². The molecule has 0 bridgehead atoms. The quantitative estimate of drug-likeness (QED) is 0.839. The number of urea groups is 1. The first-order chi connectivity index (χ1) is 11.9. The molecule has 0 spiro atoms. The molecular formula is C18H26F2N2O3. The van der Waals surface area contributed by atoms with Crippen molar-refractivity contribution >= 4 is 6.03 Å². The summed E-state index contributed by atoms with van der Waals surface area (Å²) in [5.41, 5.74) is 0.864. The maximum atomic E-state index is 13.2. The molecule has 25 heavy (non-hydrogen) atoms. The molecule has 5 nitrogen and oxygen atoms in total. The van der Waals surface area contributed by atoms with Crippen LogP contribution < -0.4 is 14.8 Å². The van der Waals surface area contributed by atoms with Gasteiger partial charge in [-0.2, -0.15) is 0 Å². The molecule has 1 atom stereocenters. The first-order valence-electron chi connectivity index (χ1n) is 8.69. The largest absolute Gasteiger partial charge is 0.490 e. The molecule has 0 aliphatic carbocycles. The van der Waals surface area contributed by atoms with Crippen molar-refractivity contribution in [3.63, 3.8) is 0 Å². The minimum Gasteiger partial charge on any atom is -0.490 e. The van der Waals surface area contributed by atoms with E-state index in [1.165, 1.54) is 4.90 Å². The number of piperidine rings is 1. The lowest BCUT2D eigenvalue weighted by Gasteiger charge is -2.32. The lowest BCUT2D eigenvalue weighted by Crippen LogP contribution is -2.47. The standard InChI is InChI=1S/C18H26F2N2O3/c1-4-24-15-7-6-14(12-16(15)25-5-2)13(3)21-17(23)22-10-8-18(19,20)9-11-22/h6-7,12-13H,4-5,8-11H2,1-3H3,(H,21,23)/t13-/m1/s1. The van der Waals surface area contributed by atoms with Gasteiger partial charge < -0.3 is 19.7 Å². The molecule has 0 unspecified atom stereocenters. The number of likely N-dealkylation sites (tertiary alicyclic amines) is 1. The lowest BCUT2D eigenvalue weighted by molar-refractivity contribution is -0.0470. The molecule has 1 aromatic rings. The maximum Gasteiger partial charge on any atom is 0.317 e. The fraction of sp³-hybridized carbons (Fsp3) is 0.611.